The van der Waals surface area contributed by atoms with Gasteiger partial charge >= 0.3 is 0 Å². The number of phenols is 1. The summed E-state index contributed by atoms with van der Waals surface area (Å²) in [5.41, 5.74) is 2.98. The van der Waals surface area contributed by atoms with E-state index in [0.717, 1.165) is 24.3 Å². The molecule has 1 aromatic rings. The Hall–Kier alpha value is -1.16. The third-order valence-electron chi connectivity index (χ3n) is 3.21. The number of benzene rings is 1. The van der Waals surface area contributed by atoms with Crippen molar-refractivity contribution in [3.63, 3.8) is 0 Å². The van der Waals surface area contributed by atoms with Crippen LogP contribution in [0.1, 0.15) is 31.9 Å². The van der Waals surface area contributed by atoms with Gasteiger partial charge in [0.1, 0.15) is 5.75 Å². The number of aromatic hydroxyl groups is 1. The van der Waals surface area contributed by atoms with Crippen LogP contribution in [0.5, 0.6) is 5.75 Å². The Balaban J connectivity index is 2.53. The molecule has 3 nitrogen and oxygen atoms in total. The Morgan fingerprint density at radius 1 is 1.39 bits per heavy atom. The minimum atomic E-state index is 0.0526. The topological polar surface area (TPSA) is 35.8 Å². The monoisotopic (exact) mass is 264 g/mol. The summed E-state index contributed by atoms with van der Waals surface area (Å²) in [5.74, 6) is 0.861. The minimum absolute atomic E-state index is 0.0526. The number of nitrogens with zero attached hydrogens (tertiary/aromatic N) is 2. The van der Waals surface area contributed by atoms with E-state index in [4.69, 9.17) is 0 Å². The van der Waals surface area contributed by atoms with E-state index in [-0.39, 0.29) is 5.41 Å². The highest BCUT2D eigenvalue weighted by molar-refractivity contribution is 7.79. The van der Waals surface area contributed by atoms with Crippen molar-refractivity contribution in [2.45, 2.75) is 31.9 Å². The summed E-state index contributed by atoms with van der Waals surface area (Å²) < 4.78 is 0. The summed E-state index contributed by atoms with van der Waals surface area (Å²) in [7, 11) is 0. The van der Waals surface area contributed by atoms with Gasteiger partial charge in [-0.2, -0.15) is 12.6 Å². The summed E-state index contributed by atoms with van der Waals surface area (Å²) in [4.78, 5) is 6.20. The van der Waals surface area contributed by atoms with Crippen molar-refractivity contribution >= 4 is 24.7 Å². The first-order chi connectivity index (χ1) is 8.43. The zero-order valence-electron chi connectivity index (χ0n) is 11.1. The van der Waals surface area contributed by atoms with Gasteiger partial charge in [-0.3, -0.25) is 4.99 Å². The molecule has 1 aliphatic rings. The van der Waals surface area contributed by atoms with Crippen molar-refractivity contribution in [3.8, 4) is 5.75 Å². The Kier molecular flexibility index (Phi) is 3.57. The first-order valence-electron chi connectivity index (χ1n) is 6.17. The van der Waals surface area contributed by atoms with Crippen LogP contribution in [-0.2, 0) is 11.2 Å². The summed E-state index contributed by atoms with van der Waals surface area (Å²) in [5, 5.41) is 10.3. The molecule has 18 heavy (non-hydrogen) atoms. The fourth-order valence-electron chi connectivity index (χ4n) is 2.01. The van der Waals surface area contributed by atoms with E-state index in [0.29, 0.717) is 11.5 Å². The third-order valence-corrected chi connectivity index (χ3v) is 3.55. The smallest absolute Gasteiger partial charge is 0.143 e. The molecule has 1 aliphatic heterocycles. The number of rotatable bonds is 2. The standard InChI is InChI=1S/C14H20N2OS/c1-14(2,3)11-6-10(8-18)13(17)12(7-11)16-5-4-15-9-16/h6-7,9,17-18H,4-5,8H2,1-3H3. The molecule has 0 radical (unpaired) electrons. The Morgan fingerprint density at radius 3 is 2.61 bits per heavy atom. The quantitative estimate of drug-likeness (QED) is 0.806. The predicted octanol–water partition coefficient (Wildman–Crippen LogP) is 2.97. The summed E-state index contributed by atoms with van der Waals surface area (Å²) in [6.07, 6.45) is 1.80. The lowest BCUT2D eigenvalue weighted by atomic mass is 9.85. The van der Waals surface area contributed by atoms with Gasteiger partial charge in [-0.15, -0.1) is 0 Å². The highest BCUT2D eigenvalue weighted by atomic mass is 32.1. The van der Waals surface area contributed by atoms with E-state index >= 15 is 0 Å². The van der Waals surface area contributed by atoms with E-state index < -0.39 is 0 Å². The van der Waals surface area contributed by atoms with Crippen LogP contribution in [0, 0.1) is 0 Å². The molecule has 0 amide bonds. The normalized spacial score (nSPS) is 15.4. The number of hydrogen-bond acceptors (Lipinski definition) is 4. The van der Waals surface area contributed by atoms with E-state index in [1.807, 2.05) is 11.0 Å². The first-order valence-corrected chi connectivity index (χ1v) is 6.80. The van der Waals surface area contributed by atoms with Crippen molar-refractivity contribution < 1.29 is 5.11 Å². The molecule has 0 fully saturated rings. The average Bonchev–Trinajstić information content (AvgIpc) is 2.81. The van der Waals surface area contributed by atoms with Gasteiger partial charge in [-0.1, -0.05) is 26.8 Å². The highest BCUT2D eigenvalue weighted by Crippen LogP contribution is 2.37. The van der Waals surface area contributed by atoms with Crippen LogP contribution < -0.4 is 4.90 Å². The van der Waals surface area contributed by atoms with Gasteiger partial charge in [0, 0.05) is 17.9 Å². The second-order valence-corrected chi connectivity index (χ2v) is 5.94. The molecule has 0 aromatic heterocycles. The summed E-state index contributed by atoms with van der Waals surface area (Å²) >= 11 is 4.30. The van der Waals surface area contributed by atoms with Gasteiger partial charge in [0.15, 0.2) is 0 Å². The maximum Gasteiger partial charge on any atom is 0.143 e. The maximum atomic E-state index is 10.3. The molecule has 0 saturated carbocycles. The number of phenolic OH excluding ortho intramolecular Hbond substituents is 1. The lowest BCUT2D eigenvalue weighted by Gasteiger charge is -2.24. The second kappa shape index (κ2) is 4.84. The Bertz CT molecular complexity index is 477. The van der Waals surface area contributed by atoms with Gasteiger partial charge in [-0.05, 0) is 17.0 Å². The zero-order valence-corrected chi connectivity index (χ0v) is 12.0. The molecule has 0 spiro atoms. The van der Waals surface area contributed by atoms with Gasteiger partial charge in [0.25, 0.3) is 0 Å². The van der Waals surface area contributed by atoms with Crippen LogP contribution in [0.25, 0.3) is 0 Å². The van der Waals surface area contributed by atoms with Crippen molar-refractivity contribution in [2.75, 3.05) is 18.0 Å². The molecule has 0 bridgehead atoms. The number of thiol groups is 1. The largest absolute Gasteiger partial charge is 0.505 e. The van der Waals surface area contributed by atoms with Crippen molar-refractivity contribution in [2.24, 2.45) is 4.99 Å². The third kappa shape index (κ3) is 2.48. The van der Waals surface area contributed by atoms with E-state index in [1.54, 1.807) is 6.34 Å². The van der Waals surface area contributed by atoms with Gasteiger partial charge in [0.05, 0.1) is 18.6 Å². The second-order valence-electron chi connectivity index (χ2n) is 5.63. The molecule has 0 atom stereocenters. The molecule has 0 unspecified atom stereocenters. The van der Waals surface area contributed by atoms with Crippen LogP contribution >= 0.6 is 12.6 Å². The average molecular weight is 264 g/mol. The van der Waals surface area contributed by atoms with E-state index in [9.17, 15) is 5.11 Å². The molecule has 2 rings (SSSR count). The minimum Gasteiger partial charge on any atom is -0.505 e. The van der Waals surface area contributed by atoms with Gasteiger partial charge in [0.2, 0.25) is 0 Å². The van der Waals surface area contributed by atoms with Crippen LogP contribution in [-0.4, -0.2) is 24.5 Å². The summed E-state index contributed by atoms with van der Waals surface area (Å²) in [6.45, 7) is 8.12. The molecular formula is C14H20N2OS. The van der Waals surface area contributed by atoms with Crippen LogP contribution in [0.2, 0.25) is 0 Å². The first kappa shape index (κ1) is 13.3. The molecular weight excluding hydrogens is 244 g/mol. The maximum absolute atomic E-state index is 10.3. The summed E-state index contributed by atoms with van der Waals surface area (Å²) in [6, 6.07) is 4.10. The van der Waals surface area contributed by atoms with Gasteiger partial charge in [-0.25, -0.2) is 0 Å². The lowest BCUT2D eigenvalue weighted by Crippen LogP contribution is -2.20. The molecule has 4 heteroatoms. The number of anilines is 1. The number of aliphatic imine (C=N–C) groups is 1. The SMILES string of the molecule is CC(C)(C)c1cc(CS)c(O)c(N2C=NCC2)c1. The molecule has 0 aliphatic carbocycles. The lowest BCUT2D eigenvalue weighted by molar-refractivity contribution is 0.470. The van der Waals surface area contributed by atoms with E-state index in [1.165, 1.54) is 5.56 Å². The molecule has 1 aromatic carbocycles. The highest BCUT2D eigenvalue weighted by Gasteiger charge is 2.21. The molecule has 0 saturated heterocycles. The van der Waals surface area contributed by atoms with Crippen LogP contribution in [0.3, 0.4) is 0 Å². The molecule has 1 heterocycles. The van der Waals surface area contributed by atoms with Crippen molar-refractivity contribution in [1.82, 2.24) is 0 Å². The van der Waals surface area contributed by atoms with Gasteiger partial charge < -0.3 is 10.0 Å². The van der Waals surface area contributed by atoms with Crippen molar-refractivity contribution in [1.29, 1.82) is 0 Å². The number of hydrogen-bond donors (Lipinski definition) is 2. The van der Waals surface area contributed by atoms with Crippen molar-refractivity contribution in [3.05, 3.63) is 23.3 Å². The molecule has 1 N–H and O–H groups in total. The molecule has 98 valence electrons. The Labute approximate surface area is 114 Å². The fraction of sp³-hybridized carbons (Fsp3) is 0.500. The van der Waals surface area contributed by atoms with Crippen LogP contribution in [0.15, 0.2) is 17.1 Å². The van der Waals surface area contributed by atoms with Crippen LogP contribution in [0.4, 0.5) is 5.69 Å². The fourth-order valence-corrected chi connectivity index (χ4v) is 2.25. The van der Waals surface area contributed by atoms with E-state index in [2.05, 4.69) is 44.5 Å². The Morgan fingerprint density at radius 2 is 2.11 bits per heavy atom. The predicted molar refractivity (Wildman–Crippen MR) is 80.2 cm³/mol. The zero-order chi connectivity index (χ0) is 13.3.